The number of rotatable bonds is 4. The van der Waals surface area contributed by atoms with E-state index < -0.39 is 0 Å². The largest absolute Gasteiger partial charge is 0.334 e. The molecular weight excluding hydrogens is 865 g/mol. The van der Waals surface area contributed by atoms with Crippen LogP contribution in [0.3, 0.4) is 0 Å². The summed E-state index contributed by atoms with van der Waals surface area (Å²) in [5.41, 5.74) is 21.5. The summed E-state index contributed by atoms with van der Waals surface area (Å²) in [6.07, 6.45) is 4.38. The summed E-state index contributed by atoms with van der Waals surface area (Å²) in [6.45, 7) is 32.7. The van der Waals surface area contributed by atoms with Gasteiger partial charge in [0.15, 0.2) is 0 Å². The second kappa shape index (κ2) is 16.0. The molecule has 1 saturated carbocycles. The Bertz CT molecular complexity index is 3250. The van der Waals surface area contributed by atoms with Gasteiger partial charge in [-0.05, 0) is 164 Å². The van der Waals surface area contributed by atoms with Crippen LogP contribution < -0.4 is 31.1 Å². The number of hydrogen-bond donors (Lipinski definition) is 0. The maximum absolute atomic E-state index is 15.4. The standard InChI is InChI=1S/C66H73BFN3/c1-61(2,3)43-22-27-48(28-23-43)69-57-41-49(71-55-33-26-47(68)40-51(55)65(13)34-18-19-35-66(65,71)14)29-30-52(57)67-53-37-45(63(7,8)9)25-32-56(53)70(59-39-46(64(10,11)12)38-58(69)60(59)67)54-31-24-44(62(4,5)6)36-50(54)42-20-16-15-17-21-42/h15-17,20-33,36-41H,18-19,34-35H2,1-14H3. The Morgan fingerprint density at radius 2 is 1.01 bits per heavy atom. The molecule has 5 heteroatoms. The summed E-state index contributed by atoms with van der Waals surface area (Å²) < 4.78 is 15.4. The molecule has 0 aromatic heterocycles. The molecule has 0 saturated heterocycles. The van der Waals surface area contributed by atoms with E-state index in [1.54, 1.807) is 6.07 Å². The third kappa shape index (κ3) is 7.41. The van der Waals surface area contributed by atoms with Gasteiger partial charge < -0.3 is 14.7 Å². The molecule has 1 fully saturated rings. The van der Waals surface area contributed by atoms with Crippen molar-refractivity contribution in [3.63, 3.8) is 0 Å². The smallest absolute Gasteiger partial charge is 0.252 e. The minimum atomic E-state index is -0.230. The lowest BCUT2D eigenvalue weighted by molar-refractivity contribution is 0.194. The zero-order valence-corrected chi connectivity index (χ0v) is 44.9. The first kappa shape index (κ1) is 47.3. The summed E-state index contributed by atoms with van der Waals surface area (Å²) in [7, 11) is 0. The summed E-state index contributed by atoms with van der Waals surface area (Å²) in [4.78, 5) is 7.82. The number of anilines is 8. The van der Waals surface area contributed by atoms with Crippen LogP contribution in [0.15, 0.2) is 140 Å². The van der Waals surface area contributed by atoms with Crippen LogP contribution in [0.2, 0.25) is 0 Å². The van der Waals surface area contributed by atoms with Gasteiger partial charge in [0, 0.05) is 50.8 Å². The van der Waals surface area contributed by atoms with Gasteiger partial charge in [-0.1, -0.05) is 170 Å². The van der Waals surface area contributed by atoms with Gasteiger partial charge in [-0.15, -0.1) is 0 Å². The van der Waals surface area contributed by atoms with Crippen LogP contribution in [-0.2, 0) is 27.1 Å². The molecule has 4 aliphatic rings. The van der Waals surface area contributed by atoms with Crippen molar-refractivity contribution in [3.8, 4) is 11.1 Å². The van der Waals surface area contributed by atoms with Gasteiger partial charge in [0.1, 0.15) is 5.82 Å². The summed E-state index contributed by atoms with van der Waals surface area (Å²) >= 11 is 0. The van der Waals surface area contributed by atoms with Crippen molar-refractivity contribution in [3.05, 3.63) is 173 Å². The molecule has 0 bridgehead atoms. The Morgan fingerprint density at radius 1 is 0.451 bits per heavy atom. The highest BCUT2D eigenvalue weighted by atomic mass is 19.1. The lowest BCUT2D eigenvalue weighted by atomic mass is 9.33. The van der Waals surface area contributed by atoms with E-state index in [1.165, 1.54) is 78.2 Å². The van der Waals surface area contributed by atoms with E-state index >= 15 is 4.39 Å². The minimum absolute atomic E-state index is 0.000594. The van der Waals surface area contributed by atoms with Gasteiger partial charge in [0.25, 0.3) is 6.71 Å². The van der Waals surface area contributed by atoms with Crippen LogP contribution in [0.1, 0.15) is 150 Å². The molecule has 7 aromatic carbocycles. The first-order chi connectivity index (χ1) is 33.4. The van der Waals surface area contributed by atoms with Crippen molar-refractivity contribution in [2.24, 2.45) is 0 Å². The van der Waals surface area contributed by atoms with Crippen molar-refractivity contribution in [1.29, 1.82) is 0 Å². The van der Waals surface area contributed by atoms with Gasteiger partial charge in [-0.25, -0.2) is 4.39 Å². The predicted octanol–water partition coefficient (Wildman–Crippen LogP) is 16.5. The minimum Gasteiger partial charge on any atom is -0.334 e. The van der Waals surface area contributed by atoms with Gasteiger partial charge >= 0.3 is 0 Å². The summed E-state index contributed by atoms with van der Waals surface area (Å²) in [5.74, 6) is -0.155. The number of halogens is 1. The van der Waals surface area contributed by atoms with Crippen molar-refractivity contribution in [2.45, 2.75) is 155 Å². The molecule has 7 aromatic rings. The van der Waals surface area contributed by atoms with E-state index in [2.05, 4.69) is 239 Å². The number of hydrogen-bond acceptors (Lipinski definition) is 3. The van der Waals surface area contributed by atoms with Crippen LogP contribution in [0, 0.1) is 5.82 Å². The third-order valence-corrected chi connectivity index (χ3v) is 17.3. The van der Waals surface area contributed by atoms with Crippen LogP contribution in [0.5, 0.6) is 0 Å². The van der Waals surface area contributed by atoms with Crippen molar-refractivity contribution in [1.82, 2.24) is 0 Å². The number of fused-ring (bicyclic) bond motifs is 7. The molecular formula is C66H73BFN3. The van der Waals surface area contributed by atoms with Crippen molar-refractivity contribution >= 4 is 68.6 Å². The topological polar surface area (TPSA) is 9.72 Å². The highest BCUT2D eigenvalue weighted by Crippen LogP contribution is 2.61. The third-order valence-electron chi connectivity index (χ3n) is 17.3. The van der Waals surface area contributed by atoms with Gasteiger partial charge in [0.05, 0.1) is 11.2 Å². The molecule has 0 radical (unpaired) electrons. The van der Waals surface area contributed by atoms with Gasteiger partial charge in [-0.3, -0.25) is 0 Å². The van der Waals surface area contributed by atoms with E-state index in [1.807, 2.05) is 6.07 Å². The SMILES string of the molecule is CC(C)(C)c1ccc(N2c3cc(N4c5ccc(F)cc5C5(C)CCCCC45C)ccc3B3c4cc(C(C)(C)C)ccc4N(c4ccc(C(C)(C)C)cc4-c4ccccc4)c4cc(C(C)(C)C)cc2c43)cc1. The second-order valence-electron chi connectivity index (χ2n) is 26.0. The van der Waals surface area contributed by atoms with Crippen molar-refractivity contribution in [2.75, 3.05) is 14.7 Å². The van der Waals surface area contributed by atoms with Crippen molar-refractivity contribution < 1.29 is 4.39 Å². The fourth-order valence-corrected chi connectivity index (χ4v) is 12.8. The maximum atomic E-state index is 15.4. The molecule has 0 spiro atoms. The normalized spacial score (nSPS) is 19.5. The van der Waals surface area contributed by atoms with Crippen LogP contribution in [0.25, 0.3) is 11.1 Å². The van der Waals surface area contributed by atoms with Crippen LogP contribution >= 0.6 is 0 Å². The summed E-state index contributed by atoms with van der Waals surface area (Å²) in [6, 6.07) is 52.9. The van der Waals surface area contributed by atoms with E-state index in [4.69, 9.17) is 0 Å². The first-order valence-electron chi connectivity index (χ1n) is 26.4. The second-order valence-corrected chi connectivity index (χ2v) is 26.0. The quantitative estimate of drug-likeness (QED) is 0.163. The molecule has 2 atom stereocenters. The Morgan fingerprint density at radius 3 is 1.66 bits per heavy atom. The van der Waals surface area contributed by atoms with E-state index in [9.17, 15) is 0 Å². The average Bonchev–Trinajstić information content (AvgIpc) is 3.52. The molecule has 0 N–H and O–H groups in total. The lowest BCUT2D eigenvalue weighted by Crippen LogP contribution is -2.61. The molecule has 3 aliphatic heterocycles. The monoisotopic (exact) mass is 938 g/mol. The van der Waals surface area contributed by atoms with E-state index in [0.29, 0.717) is 0 Å². The molecule has 71 heavy (non-hydrogen) atoms. The fourth-order valence-electron chi connectivity index (χ4n) is 12.8. The molecule has 2 unspecified atom stereocenters. The van der Waals surface area contributed by atoms with Gasteiger partial charge in [-0.2, -0.15) is 0 Å². The van der Waals surface area contributed by atoms with Gasteiger partial charge in [0.2, 0.25) is 0 Å². The number of benzene rings is 7. The molecule has 362 valence electrons. The summed E-state index contributed by atoms with van der Waals surface area (Å²) in [5, 5.41) is 0. The average molecular weight is 938 g/mol. The first-order valence-corrected chi connectivity index (χ1v) is 26.4. The van der Waals surface area contributed by atoms with E-state index in [-0.39, 0.29) is 45.1 Å². The van der Waals surface area contributed by atoms with E-state index in [0.717, 1.165) is 48.3 Å². The Balaban J connectivity index is 1.24. The maximum Gasteiger partial charge on any atom is 0.252 e. The highest BCUT2D eigenvalue weighted by Gasteiger charge is 2.58. The molecule has 11 rings (SSSR count). The Labute approximate surface area is 425 Å². The van der Waals surface area contributed by atoms with Crippen LogP contribution in [-0.4, -0.2) is 12.3 Å². The predicted molar refractivity (Wildman–Crippen MR) is 303 cm³/mol. The highest BCUT2D eigenvalue weighted by molar-refractivity contribution is 7.00. The zero-order chi connectivity index (χ0) is 50.4. The molecule has 3 nitrogen and oxygen atoms in total. The number of nitrogens with zero attached hydrogens (tertiary/aromatic N) is 3. The fraction of sp³-hybridized carbons (Fsp3) is 0.364. The Kier molecular flexibility index (Phi) is 10.6. The van der Waals surface area contributed by atoms with Crippen LogP contribution in [0.4, 0.5) is 49.9 Å². The zero-order valence-electron chi connectivity index (χ0n) is 44.9. The Hall–Kier alpha value is -6.07. The molecule has 0 amide bonds. The lowest BCUT2D eigenvalue weighted by Gasteiger charge is -2.50. The molecule has 1 aliphatic carbocycles. The molecule has 3 heterocycles.